The molecule has 1 saturated heterocycles. The molecule has 0 spiro atoms. The van der Waals surface area contributed by atoms with E-state index in [0.717, 1.165) is 30.2 Å². The zero-order chi connectivity index (χ0) is 14.8. The second kappa shape index (κ2) is 5.54. The number of carbonyl (C=O) groups excluding carboxylic acids is 1. The number of rotatable bonds is 3. The number of carboxylic acid groups (broad SMARTS) is 1. The first-order valence-corrected chi connectivity index (χ1v) is 6.95. The maximum absolute atomic E-state index is 12.2. The Bertz CT molecular complexity index is 706. The lowest BCUT2D eigenvalue weighted by molar-refractivity contribution is -0.117. The van der Waals surface area contributed by atoms with Gasteiger partial charge < -0.3 is 15.7 Å². The van der Waals surface area contributed by atoms with Crippen LogP contribution in [0.4, 0.5) is 5.69 Å². The Hall–Kier alpha value is -2.40. The van der Waals surface area contributed by atoms with Gasteiger partial charge in [0.15, 0.2) is 0 Å². The number of amides is 1. The molecule has 1 amide bonds. The minimum Gasteiger partial charge on any atom is -0.478 e. The van der Waals surface area contributed by atoms with E-state index >= 15 is 0 Å². The van der Waals surface area contributed by atoms with Gasteiger partial charge >= 0.3 is 5.97 Å². The molecule has 2 aromatic rings. The first-order chi connectivity index (χ1) is 10.1. The van der Waals surface area contributed by atoms with Crippen molar-refractivity contribution in [3.05, 3.63) is 42.0 Å². The maximum atomic E-state index is 12.2. The molecule has 1 heterocycles. The quantitative estimate of drug-likeness (QED) is 0.807. The summed E-state index contributed by atoms with van der Waals surface area (Å²) in [4.78, 5) is 23.6. The lowest BCUT2D eigenvalue weighted by Gasteiger charge is -2.14. The first kappa shape index (κ1) is 13.6. The average Bonchev–Trinajstić information content (AvgIpc) is 3.00. The minimum absolute atomic E-state index is 0.111. The van der Waals surface area contributed by atoms with Crippen molar-refractivity contribution < 1.29 is 14.7 Å². The van der Waals surface area contributed by atoms with Gasteiger partial charge in [0, 0.05) is 0 Å². The van der Waals surface area contributed by atoms with Crippen LogP contribution in [0.15, 0.2) is 36.4 Å². The Labute approximate surface area is 122 Å². The van der Waals surface area contributed by atoms with Crippen LogP contribution in [-0.2, 0) is 4.79 Å². The number of benzene rings is 2. The van der Waals surface area contributed by atoms with Gasteiger partial charge in [0.05, 0.1) is 17.3 Å². The van der Waals surface area contributed by atoms with Gasteiger partial charge in [-0.05, 0) is 42.3 Å². The normalized spacial score (nSPS) is 17.8. The van der Waals surface area contributed by atoms with Gasteiger partial charge in [-0.3, -0.25) is 4.79 Å². The van der Waals surface area contributed by atoms with Crippen molar-refractivity contribution in [1.82, 2.24) is 5.32 Å². The van der Waals surface area contributed by atoms with Crippen molar-refractivity contribution >= 4 is 28.3 Å². The van der Waals surface area contributed by atoms with Gasteiger partial charge in [-0.1, -0.05) is 24.3 Å². The molecule has 0 unspecified atom stereocenters. The van der Waals surface area contributed by atoms with Gasteiger partial charge in [-0.15, -0.1) is 0 Å². The highest BCUT2D eigenvalue weighted by Crippen LogP contribution is 2.25. The lowest BCUT2D eigenvalue weighted by Crippen LogP contribution is -2.35. The van der Waals surface area contributed by atoms with Gasteiger partial charge in [-0.2, -0.15) is 0 Å². The number of nitrogens with one attached hydrogen (secondary N) is 2. The Balaban J connectivity index is 1.97. The molecule has 21 heavy (non-hydrogen) atoms. The topological polar surface area (TPSA) is 78.4 Å². The van der Waals surface area contributed by atoms with Gasteiger partial charge in [0.2, 0.25) is 5.91 Å². The summed E-state index contributed by atoms with van der Waals surface area (Å²) in [5.74, 6) is -1.22. The monoisotopic (exact) mass is 284 g/mol. The summed E-state index contributed by atoms with van der Waals surface area (Å²) >= 11 is 0. The highest BCUT2D eigenvalue weighted by Gasteiger charge is 2.23. The molecule has 108 valence electrons. The van der Waals surface area contributed by atoms with E-state index in [1.807, 2.05) is 24.3 Å². The molecule has 0 saturated carbocycles. The van der Waals surface area contributed by atoms with Crippen LogP contribution in [0.25, 0.3) is 10.8 Å². The van der Waals surface area contributed by atoms with Gasteiger partial charge in [0.25, 0.3) is 0 Å². The minimum atomic E-state index is -1.05. The number of carbonyl (C=O) groups is 2. The molecular formula is C16H16N2O3. The van der Waals surface area contributed by atoms with Gasteiger partial charge in [-0.25, -0.2) is 4.79 Å². The highest BCUT2D eigenvalue weighted by molar-refractivity contribution is 6.06. The average molecular weight is 284 g/mol. The number of carboxylic acids is 1. The number of anilines is 1. The molecule has 0 radical (unpaired) electrons. The standard InChI is InChI=1S/C16H16N2O3/c19-15(13-6-3-7-17-13)18-14-9-11-5-2-1-4-10(11)8-12(14)16(20)21/h1-2,4-5,8-9,13,17H,3,6-7H2,(H,18,19)(H,20,21)/t13-/m0/s1. The van der Waals surface area contributed by atoms with Crippen LogP contribution in [0.5, 0.6) is 0 Å². The Kier molecular flexibility index (Phi) is 3.58. The van der Waals surface area contributed by atoms with Crippen molar-refractivity contribution in [3.63, 3.8) is 0 Å². The summed E-state index contributed by atoms with van der Waals surface area (Å²) in [7, 11) is 0. The van der Waals surface area contributed by atoms with E-state index in [4.69, 9.17) is 0 Å². The predicted octanol–water partition coefficient (Wildman–Crippen LogP) is 2.23. The molecule has 3 rings (SSSR count). The van der Waals surface area contributed by atoms with Crippen LogP contribution in [0, 0.1) is 0 Å². The lowest BCUT2D eigenvalue weighted by atomic mass is 10.0. The summed E-state index contributed by atoms with van der Waals surface area (Å²) in [5, 5.41) is 16.9. The second-order valence-corrected chi connectivity index (χ2v) is 5.19. The molecule has 1 aliphatic rings. The van der Waals surface area contributed by atoms with Crippen LogP contribution in [0.1, 0.15) is 23.2 Å². The van der Waals surface area contributed by atoms with Crippen LogP contribution in [-0.4, -0.2) is 29.6 Å². The SMILES string of the molecule is O=C(O)c1cc2ccccc2cc1NC(=O)[C@@H]1CCCN1. The largest absolute Gasteiger partial charge is 0.478 e. The zero-order valence-electron chi connectivity index (χ0n) is 11.4. The third-order valence-corrected chi connectivity index (χ3v) is 3.75. The number of hydrogen-bond acceptors (Lipinski definition) is 3. The molecule has 0 aliphatic carbocycles. The second-order valence-electron chi connectivity index (χ2n) is 5.19. The van der Waals surface area contributed by atoms with E-state index < -0.39 is 5.97 Å². The molecule has 0 bridgehead atoms. The predicted molar refractivity (Wildman–Crippen MR) is 80.6 cm³/mol. The van der Waals surface area contributed by atoms with E-state index in [-0.39, 0.29) is 17.5 Å². The van der Waals surface area contributed by atoms with Crippen molar-refractivity contribution in [1.29, 1.82) is 0 Å². The van der Waals surface area contributed by atoms with E-state index in [2.05, 4.69) is 10.6 Å². The van der Waals surface area contributed by atoms with E-state index in [1.165, 1.54) is 0 Å². The summed E-state index contributed by atoms with van der Waals surface area (Å²) in [6, 6.07) is 10.6. The fourth-order valence-electron chi connectivity index (χ4n) is 2.65. The van der Waals surface area contributed by atoms with Crippen molar-refractivity contribution in [2.75, 3.05) is 11.9 Å². The van der Waals surface area contributed by atoms with Crippen LogP contribution in [0.2, 0.25) is 0 Å². The maximum Gasteiger partial charge on any atom is 0.337 e. The van der Waals surface area contributed by atoms with Crippen molar-refractivity contribution in [2.45, 2.75) is 18.9 Å². The smallest absolute Gasteiger partial charge is 0.337 e. The molecule has 5 nitrogen and oxygen atoms in total. The Morgan fingerprint density at radius 3 is 2.52 bits per heavy atom. The Morgan fingerprint density at radius 1 is 1.19 bits per heavy atom. The number of aromatic carboxylic acids is 1. The van der Waals surface area contributed by atoms with E-state index in [0.29, 0.717) is 5.69 Å². The molecular weight excluding hydrogens is 268 g/mol. The third-order valence-electron chi connectivity index (χ3n) is 3.75. The number of hydrogen-bond donors (Lipinski definition) is 3. The van der Waals surface area contributed by atoms with E-state index in [1.54, 1.807) is 12.1 Å². The summed E-state index contributed by atoms with van der Waals surface area (Å²) in [6.07, 6.45) is 1.74. The fraction of sp³-hybridized carbons (Fsp3) is 0.250. The van der Waals surface area contributed by atoms with Crippen LogP contribution < -0.4 is 10.6 Å². The molecule has 5 heteroatoms. The highest BCUT2D eigenvalue weighted by atomic mass is 16.4. The summed E-state index contributed by atoms with van der Waals surface area (Å²) in [6.45, 7) is 0.821. The van der Waals surface area contributed by atoms with Crippen LogP contribution >= 0.6 is 0 Å². The molecule has 3 N–H and O–H groups in total. The molecule has 1 atom stereocenters. The fourth-order valence-corrected chi connectivity index (χ4v) is 2.65. The Morgan fingerprint density at radius 2 is 1.90 bits per heavy atom. The summed E-state index contributed by atoms with van der Waals surface area (Å²) in [5.41, 5.74) is 0.458. The zero-order valence-corrected chi connectivity index (χ0v) is 11.4. The van der Waals surface area contributed by atoms with Crippen molar-refractivity contribution in [3.8, 4) is 0 Å². The number of fused-ring (bicyclic) bond motifs is 1. The molecule has 2 aromatic carbocycles. The van der Waals surface area contributed by atoms with E-state index in [9.17, 15) is 14.7 Å². The summed E-state index contributed by atoms with van der Waals surface area (Å²) < 4.78 is 0. The van der Waals surface area contributed by atoms with Gasteiger partial charge in [0.1, 0.15) is 0 Å². The molecule has 0 aromatic heterocycles. The molecule has 1 fully saturated rings. The first-order valence-electron chi connectivity index (χ1n) is 6.95. The van der Waals surface area contributed by atoms with Crippen LogP contribution in [0.3, 0.4) is 0 Å². The third kappa shape index (κ3) is 2.73. The van der Waals surface area contributed by atoms with Crippen molar-refractivity contribution in [2.24, 2.45) is 0 Å². The molecule has 1 aliphatic heterocycles.